The molecule has 3 aromatic carbocycles. The molecule has 4 aromatic heterocycles. The number of hydrogen-bond donors (Lipinski definition) is 0. The van der Waals surface area contributed by atoms with E-state index >= 15 is 0 Å². The van der Waals surface area contributed by atoms with Gasteiger partial charge in [0.15, 0.2) is 5.60 Å². The van der Waals surface area contributed by atoms with Gasteiger partial charge < -0.3 is 22.6 Å². The largest absolute Gasteiger partial charge is 0.532 e. The molecule has 0 aliphatic carbocycles. The average Bonchev–Trinajstić information content (AvgIpc) is 3.19. The van der Waals surface area contributed by atoms with E-state index in [9.17, 15) is 0 Å². The van der Waals surface area contributed by atoms with Crippen molar-refractivity contribution in [3.63, 3.8) is 0 Å². The fraction of sp³-hybridized carbons (Fsp3) is 0.0256. The Kier molecular flexibility index (Phi) is 11.0. The molecule has 0 fully saturated rings. The first-order valence-corrected chi connectivity index (χ1v) is 18.0. The van der Waals surface area contributed by atoms with Crippen LogP contribution in [-0.4, -0.2) is 19.9 Å². The lowest BCUT2D eigenvalue weighted by atomic mass is 9.80. The Morgan fingerprint density at radius 1 is 0.353 bits per heavy atom. The normalized spacial score (nSPS) is 11.2. The number of rotatable bonds is 15. The third-order valence-corrected chi connectivity index (χ3v) is 9.35. The smallest absolute Gasteiger partial charge is 0.408 e. The van der Waals surface area contributed by atoms with E-state index in [1.54, 1.807) is 73.3 Å². The van der Waals surface area contributed by atoms with Crippen molar-refractivity contribution in [2.24, 2.45) is 0 Å². The van der Waals surface area contributed by atoms with Crippen LogP contribution >= 0.6 is 17.2 Å². The summed E-state index contributed by atoms with van der Waals surface area (Å²) in [5.74, 6) is 1.68. The van der Waals surface area contributed by atoms with Gasteiger partial charge in [-0.15, -0.1) is 0 Å². The SMILES string of the molecule is c1ccc(C(OP(Oc2ccccn2)Oc2ccccn2)(c2ccccc2)c2ccccc2OP(Oc2ccccn2)Oc2ccccn2)cc1. The van der Waals surface area contributed by atoms with Crippen molar-refractivity contribution >= 4 is 17.2 Å². The van der Waals surface area contributed by atoms with Crippen molar-refractivity contribution in [2.75, 3.05) is 0 Å². The summed E-state index contributed by atoms with van der Waals surface area (Å²) in [5, 5.41) is 0. The Labute approximate surface area is 297 Å². The zero-order valence-electron chi connectivity index (χ0n) is 27.0. The van der Waals surface area contributed by atoms with Crippen molar-refractivity contribution in [1.29, 1.82) is 0 Å². The Morgan fingerprint density at radius 2 is 0.725 bits per heavy atom. The highest BCUT2D eigenvalue weighted by molar-refractivity contribution is 7.43. The van der Waals surface area contributed by atoms with E-state index in [2.05, 4.69) is 19.9 Å². The molecule has 0 amide bonds. The first-order chi connectivity index (χ1) is 25.3. The molecule has 51 heavy (non-hydrogen) atoms. The van der Waals surface area contributed by atoms with Gasteiger partial charge in [0.1, 0.15) is 5.75 Å². The maximum Gasteiger partial charge on any atom is 0.532 e. The molecule has 7 rings (SSSR count). The van der Waals surface area contributed by atoms with E-state index in [1.807, 2.05) is 109 Å². The molecule has 10 nitrogen and oxygen atoms in total. The minimum absolute atomic E-state index is 0.315. The fourth-order valence-electron chi connectivity index (χ4n) is 5.03. The van der Waals surface area contributed by atoms with Gasteiger partial charge in [0.25, 0.3) is 0 Å². The highest BCUT2D eigenvalue weighted by Crippen LogP contribution is 2.55. The zero-order chi connectivity index (χ0) is 34.6. The summed E-state index contributed by atoms with van der Waals surface area (Å²) < 4.78 is 39.1. The Morgan fingerprint density at radius 3 is 1.14 bits per heavy atom. The minimum atomic E-state index is -2.24. The summed E-state index contributed by atoms with van der Waals surface area (Å²) in [5.41, 5.74) is 0.779. The monoisotopic (exact) mass is 712 g/mol. The molecule has 7 aromatic rings. The molecular weight excluding hydrogens is 682 g/mol. The maximum atomic E-state index is 7.22. The summed E-state index contributed by atoms with van der Waals surface area (Å²) in [6.45, 7) is 0. The first-order valence-electron chi connectivity index (χ1n) is 15.8. The van der Waals surface area contributed by atoms with E-state index in [1.165, 1.54) is 0 Å². The minimum Gasteiger partial charge on any atom is -0.408 e. The molecule has 0 saturated carbocycles. The van der Waals surface area contributed by atoms with E-state index < -0.39 is 22.8 Å². The Hall–Kier alpha value is -5.92. The van der Waals surface area contributed by atoms with Gasteiger partial charge in [0.2, 0.25) is 23.5 Å². The molecule has 4 heterocycles. The van der Waals surface area contributed by atoms with E-state index in [4.69, 9.17) is 27.1 Å². The molecule has 0 bridgehead atoms. The van der Waals surface area contributed by atoms with Gasteiger partial charge in [-0.3, -0.25) is 4.52 Å². The molecule has 0 N–H and O–H groups in total. The standard InChI is InChI=1S/C39H30N4O6P2/c1-3-17-31(18-4-1)39(32-19-5-2-6-20-32,49-51(47-37-25-11-15-29-42-37)48-38-26-12-16-30-43-38)33-21-7-8-22-34(33)44-50(45-35-23-9-13-27-40-35)46-36-24-10-14-28-41-36/h1-30H. The maximum absolute atomic E-state index is 7.22. The van der Waals surface area contributed by atoms with Crippen molar-refractivity contribution < 1.29 is 27.1 Å². The molecule has 0 radical (unpaired) electrons. The molecule has 0 spiro atoms. The lowest BCUT2D eigenvalue weighted by Crippen LogP contribution is -2.33. The van der Waals surface area contributed by atoms with Crippen LogP contribution in [0.25, 0.3) is 0 Å². The number of para-hydroxylation sites is 1. The van der Waals surface area contributed by atoms with E-state index in [0.717, 1.165) is 11.1 Å². The molecule has 252 valence electrons. The second kappa shape index (κ2) is 16.7. The Bertz CT molecular complexity index is 1950. The molecule has 0 unspecified atom stereocenters. The van der Waals surface area contributed by atoms with Crippen LogP contribution in [0, 0.1) is 0 Å². The zero-order valence-corrected chi connectivity index (χ0v) is 28.7. The number of hydrogen-bond acceptors (Lipinski definition) is 10. The summed E-state index contributed by atoms with van der Waals surface area (Å²) in [6.07, 6.45) is 6.54. The van der Waals surface area contributed by atoms with Crippen molar-refractivity contribution in [2.45, 2.75) is 5.60 Å². The van der Waals surface area contributed by atoms with E-state index in [-0.39, 0.29) is 0 Å². The second-order valence-corrected chi connectivity index (χ2v) is 12.6. The summed E-state index contributed by atoms with van der Waals surface area (Å²) in [6, 6.07) is 48.6. The second-order valence-electron chi connectivity index (χ2n) is 10.6. The van der Waals surface area contributed by atoms with Crippen molar-refractivity contribution in [3.8, 4) is 29.3 Å². The molecule has 0 aliphatic heterocycles. The number of nitrogens with zero attached hydrogens (tertiary/aromatic N) is 4. The first kappa shape index (κ1) is 33.6. The van der Waals surface area contributed by atoms with Gasteiger partial charge in [-0.2, -0.15) is 0 Å². The van der Waals surface area contributed by atoms with Crippen LogP contribution in [0.4, 0.5) is 0 Å². The van der Waals surface area contributed by atoms with Gasteiger partial charge in [0, 0.05) is 54.6 Å². The van der Waals surface area contributed by atoms with Gasteiger partial charge in [-0.25, -0.2) is 19.9 Å². The van der Waals surface area contributed by atoms with Crippen LogP contribution in [0.3, 0.4) is 0 Å². The molecular formula is C39H30N4O6P2. The van der Waals surface area contributed by atoms with Crippen LogP contribution in [0.2, 0.25) is 0 Å². The highest BCUT2D eigenvalue weighted by Gasteiger charge is 2.45. The summed E-state index contributed by atoms with van der Waals surface area (Å²) in [4.78, 5) is 17.5. The van der Waals surface area contributed by atoms with Crippen LogP contribution in [-0.2, 0) is 10.1 Å². The number of aromatic nitrogens is 4. The fourth-order valence-corrected chi connectivity index (χ4v) is 7.15. The molecule has 0 atom stereocenters. The molecule has 12 heteroatoms. The van der Waals surface area contributed by atoms with Crippen LogP contribution in [0.1, 0.15) is 16.7 Å². The predicted octanol–water partition coefficient (Wildman–Crippen LogP) is 9.72. The summed E-state index contributed by atoms with van der Waals surface area (Å²) >= 11 is 0. The van der Waals surface area contributed by atoms with Crippen molar-refractivity contribution in [3.05, 3.63) is 199 Å². The molecule has 0 aliphatic rings. The van der Waals surface area contributed by atoms with E-state index in [0.29, 0.717) is 34.8 Å². The topological polar surface area (TPSA) is 107 Å². The predicted molar refractivity (Wildman–Crippen MR) is 194 cm³/mol. The van der Waals surface area contributed by atoms with Gasteiger partial charge in [-0.1, -0.05) is 103 Å². The number of benzene rings is 3. The van der Waals surface area contributed by atoms with Crippen LogP contribution in [0.15, 0.2) is 183 Å². The van der Waals surface area contributed by atoms with Crippen LogP contribution < -0.4 is 22.6 Å². The molecule has 0 saturated heterocycles. The third-order valence-electron chi connectivity index (χ3n) is 7.23. The highest BCUT2D eigenvalue weighted by atomic mass is 31.2. The lowest BCUT2D eigenvalue weighted by Gasteiger charge is -2.37. The van der Waals surface area contributed by atoms with Gasteiger partial charge >= 0.3 is 17.2 Å². The Balaban J connectivity index is 1.37. The quantitative estimate of drug-likeness (QED) is 0.0753. The lowest BCUT2D eigenvalue weighted by molar-refractivity contribution is 0.132. The van der Waals surface area contributed by atoms with Gasteiger partial charge in [-0.05, 0) is 41.5 Å². The van der Waals surface area contributed by atoms with Crippen molar-refractivity contribution in [1.82, 2.24) is 19.9 Å². The van der Waals surface area contributed by atoms with Crippen LogP contribution in [0.5, 0.6) is 29.3 Å². The summed E-state index contributed by atoms with van der Waals surface area (Å²) in [7, 11) is -4.39. The average molecular weight is 713 g/mol. The third kappa shape index (κ3) is 8.46. The van der Waals surface area contributed by atoms with Gasteiger partial charge in [0.05, 0.1) is 0 Å². The number of pyridine rings is 4.